The second-order valence-corrected chi connectivity index (χ2v) is 4.95. The number of alkyl halides is 2. The Balaban J connectivity index is 2.38. The van der Waals surface area contributed by atoms with Crippen LogP contribution in [0.3, 0.4) is 0 Å². The van der Waals surface area contributed by atoms with E-state index in [2.05, 4.69) is 23.9 Å². The fourth-order valence-electron chi connectivity index (χ4n) is 1.64. The molecule has 0 radical (unpaired) electrons. The number of nitrogens with one attached hydrogen (secondary N) is 1. The highest BCUT2D eigenvalue weighted by molar-refractivity contribution is 5.96. The van der Waals surface area contributed by atoms with E-state index in [1.165, 1.54) is 18.2 Å². The van der Waals surface area contributed by atoms with Gasteiger partial charge in [0.1, 0.15) is 5.75 Å². The number of amides is 1. The van der Waals surface area contributed by atoms with Crippen LogP contribution >= 0.6 is 0 Å². The molecule has 1 rings (SSSR count). The summed E-state index contributed by atoms with van der Waals surface area (Å²) in [6, 6.07) is 5.92. The Kier molecular flexibility index (Phi) is 7.68. The average Bonchev–Trinajstić information content (AvgIpc) is 2.42. The topological polar surface area (TPSA) is 47.6 Å². The molecule has 0 unspecified atom stereocenters. The summed E-state index contributed by atoms with van der Waals surface area (Å²) >= 11 is 0. The van der Waals surface area contributed by atoms with Crippen LogP contribution in [0.1, 0.15) is 30.6 Å². The molecule has 0 saturated heterocycles. The third-order valence-corrected chi connectivity index (χ3v) is 2.55. The van der Waals surface area contributed by atoms with E-state index >= 15 is 0 Å². The first-order chi connectivity index (χ1) is 10.0. The molecule has 0 aromatic heterocycles. The molecule has 0 aliphatic heterocycles. The summed E-state index contributed by atoms with van der Waals surface area (Å²) < 4.78 is 34.2. The smallest absolute Gasteiger partial charge is 0.387 e. The van der Waals surface area contributed by atoms with Gasteiger partial charge in [-0.2, -0.15) is 8.78 Å². The highest BCUT2D eigenvalue weighted by Crippen LogP contribution is 2.19. The minimum Gasteiger partial charge on any atom is -0.434 e. The van der Waals surface area contributed by atoms with Crippen LogP contribution in [0.4, 0.5) is 8.78 Å². The van der Waals surface area contributed by atoms with E-state index in [-0.39, 0.29) is 11.3 Å². The third kappa shape index (κ3) is 7.04. The minimum atomic E-state index is -2.96. The number of para-hydroxylation sites is 1. The van der Waals surface area contributed by atoms with Gasteiger partial charge in [0.05, 0.1) is 5.56 Å². The molecule has 0 bridgehead atoms. The first-order valence-corrected chi connectivity index (χ1v) is 6.90. The summed E-state index contributed by atoms with van der Waals surface area (Å²) in [4.78, 5) is 11.9. The van der Waals surface area contributed by atoms with Crippen LogP contribution in [-0.4, -0.2) is 32.3 Å². The van der Waals surface area contributed by atoms with Gasteiger partial charge in [-0.05, 0) is 24.5 Å². The van der Waals surface area contributed by atoms with E-state index < -0.39 is 12.5 Å². The molecule has 1 amide bonds. The summed E-state index contributed by atoms with van der Waals surface area (Å²) in [5, 5.41) is 2.66. The second kappa shape index (κ2) is 9.28. The zero-order chi connectivity index (χ0) is 15.7. The van der Waals surface area contributed by atoms with Crippen LogP contribution in [-0.2, 0) is 4.74 Å². The Bertz CT molecular complexity index is 439. The average molecular weight is 301 g/mol. The van der Waals surface area contributed by atoms with Crippen LogP contribution in [0.5, 0.6) is 5.75 Å². The maximum absolute atomic E-state index is 12.3. The first-order valence-electron chi connectivity index (χ1n) is 6.90. The largest absolute Gasteiger partial charge is 0.434 e. The molecule has 0 saturated carbocycles. The lowest BCUT2D eigenvalue weighted by atomic mass is 10.2. The number of rotatable bonds is 9. The third-order valence-electron chi connectivity index (χ3n) is 2.55. The summed E-state index contributed by atoms with van der Waals surface area (Å²) in [5.74, 6) is -0.0888. The van der Waals surface area contributed by atoms with Gasteiger partial charge in [0, 0.05) is 19.8 Å². The zero-order valence-corrected chi connectivity index (χ0v) is 12.3. The molecular weight excluding hydrogens is 280 g/mol. The molecule has 0 aliphatic rings. The molecule has 118 valence electrons. The Hall–Kier alpha value is -1.69. The Morgan fingerprint density at radius 1 is 1.29 bits per heavy atom. The maximum atomic E-state index is 12.3. The van der Waals surface area contributed by atoms with Crippen molar-refractivity contribution in [3.05, 3.63) is 29.8 Å². The Morgan fingerprint density at radius 2 is 2.00 bits per heavy atom. The van der Waals surface area contributed by atoms with Crippen LogP contribution in [0, 0.1) is 5.92 Å². The van der Waals surface area contributed by atoms with Crippen molar-refractivity contribution in [1.82, 2.24) is 5.32 Å². The van der Waals surface area contributed by atoms with Gasteiger partial charge in [0.15, 0.2) is 0 Å². The van der Waals surface area contributed by atoms with Gasteiger partial charge in [-0.15, -0.1) is 0 Å². The molecule has 0 spiro atoms. The summed E-state index contributed by atoms with van der Waals surface area (Å²) in [6.07, 6.45) is 0.663. The van der Waals surface area contributed by atoms with Gasteiger partial charge in [0.25, 0.3) is 5.91 Å². The molecule has 0 fully saturated rings. The van der Waals surface area contributed by atoms with E-state index in [9.17, 15) is 13.6 Å². The molecule has 21 heavy (non-hydrogen) atoms. The van der Waals surface area contributed by atoms with E-state index in [1.807, 2.05) is 0 Å². The van der Waals surface area contributed by atoms with Crippen molar-refractivity contribution in [2.75, 3.05) is 19.8 Å². The number of ether oxygens (including phenoxy) is 2. The number of benzene rings is 1. The SMILES string of the molecule is CC(C)COCCCNC(=O)c1ccccc1OC(F)F. The van der Waals surface area contributed by atoms with Crippen molar-refractivity contribution in [3.8, 4) is 5.75 Å². The maximum Gasteiger partial charge on any atom is 0.387 e. The van der Waals surface area contributed by atoms with Crippen molar-refractivity contribution >= 4 is 5.91 Å². The fourth-order valence-corrected chi connectivity index (χ4v) is 1.64. The van der Waals surface area contributed by atoms with Crippen molar-refractivity contribution in [1.29, 1.82) is 0 Å². The number of hydrogen-bond acceptors (Lipinski definition) is 3. The lowest BCUT2D eigenvalue weighted by Gasteiger charge is -2.11. The second-order valence-electron chi connectivity index (χ2n) is 4.95. The van der Waals surface area contributed by atoms with E-state index in [0.717, 1.165) is 0 Å². The van der Waals surface area contributed by atoms with Crippen LogP contribution in [0.15, 0.2) is 24.3 Å². The zero-order valence-electron chi connectivity index (χ0n) is 12.3. The van der Waals surface area contributed by atoms with Crippen molar-refractivity contribution in [2.24, 2.45) is 5.92 Å². The first kappa shape index (κ1) is 17.4. The monoisotopic (exact) mass is 301 g/mol. The number of carbonyl (C=O) groups is 1. The van der Waals surface area contributed by atoms with Gasteiger partial charge in [-0.3, -0.25) is 4.79 Å². The predicted molar refractivity (Wildman–Crippen MR) is 75.7 cm³/mol. The lowest BCUT2D eigenvalue weighted by molar-refractivity contribution is -0.0501. The van der Waals surface area contributed by atoms with Crippen molar-refractivity contribution in [3.63, 3.8) is 0 Å². The van der Waals surface area contributed by atoms with E-state index in [4.69, 9.17) is 4.74 Å². The van der Waals surface area contributed by atoms with Crippen LogP contribution in [0.2, 0.25) is 0 Å². The molecule has 6 heteroatoms. The molecule has 0 aliphatic carbocycles. The Labute approximate surface area is 123 Å². The molecule has 0 atom stereocenters. The normalized spacial score (nSPS) is 11.0. The summed E-state index contributed by atoms with van der Waals surface area (Å²) in [7, 11) is 0. The summed E-state index contributed by atoms with van der Waals surface area (Å²) in [5.41, 5.74) is 0.0981. The lowest BCUT2D eigenvalue weighted by Crippen LogP contribution is -2.26. The van der Waals surface area contributed by atoms with Gasteiger partial charge in [0.2, 0.25) is 0 Å². The van der Waals surface area contributed by atoms with Crippen LogP contribution < -0.4 is 10.1 Å². The quantitative estimate of drug-likeness (QED) is 0.713. The number of halogens is 2. The highest BCUT2D eigenvalue weighted by atomic mass is 19.3. The molecule has 0 heterocycles. The van der Waals surface area contributed by atoms with Crippen molar-refractivity contribution < 1.29 is 23.0 Å². The highest BCUT2D eigenvalue weighted by Gasteiger charge is 2.14. The molecule has 1 N–H and O–H groups in total. The molecular formula is C15H21F2NO3. The molecule has 1 aromatic carbocycles. The number of carbonyl (C=O) groups excluding carboxylic acids is 1. The molecule has 4 nitrogen and oxygen atoms in total. The molecule has 1 aromatic rings. The summed E-state index contributed by atoms with van der Waals surface area (Å²) in [6.45, 7) is 2.80. The van der Waals surface area contributed by atoms with Gasteiger partial charge in [-0.1, -0.05) is 26.0 Å². The van der Waals surface area contributed by atoms with E-state index in [1.54, 1.807) is 6.07 Å². The van der Waals surface area contributed by atoms with Gasteiger partial charge < -0.3 is 14.8 Å². The fraction of sp³-hybridized carbons (Fsp3) is 0.533. The Morgan fingerprint density at radius 3 is 2.67 bits per heavy atom. The van der Waals surface area contributed by atoms with Crippen LogP contribution in [0.25, 0.3) is 0 Å². The standard InChI is InChI=1S/C15H21F2NO3/c1-11(2)10-20-9-5-8-18-14(19)12-6-3-4-7-13(12)21-15(16)17/h3-4,6-7,11,15H,5,8-10H2,1-2H3,(H,18,19). The van der Waals surface area contributed by atoms with Gasteiger partial charge in [-0.25, -0.2) is 0 Å². The van der Waals surface area contributed by atoms with E-state index in [0.29, 0.717) is 32.1 Å². The van der Waals surface area contributed by atoms with Gasteiger partial charge >= 0.3 is 6.61 Å². The number of hydrogen-bond donors (Lipinski definition) is 1. The minimum absolute atomic E-state index is 0.0981. The van der Waals surface area contributed by atoms with Crippen molar-refractivity contribution in [2.45, 2.75) is 26.9 Å². The predicted octanol–water partition coefficient (Wildman–Crippen LogP) is 3.08.